The van der Waals surface area contributed by atoms with Gasteiger partial charge in [0.25, 0.3) is 0 Å². The van der Waals surface area contributed by atoms with E-state index >= 15 is 0 Å². The molecule has 0 aliphatic rings. The Labute approximate surface area is 122 Å². The Bertz CT molecular complexity index is 415. The molecule has 114 valence electrons. The molecule has 0 saturated carbocycles. The Balaban J connectivity index is 2.86. The summed E-state index contributed by atoms with van der Waals surface area (Å²) in [6, 6.07) is 2.09. The van der Waals surface area contributed by atoms with E-state index < -0.39 is 0 Å². The summed E-state index contributed by atoms with van der Waals surface area (Å²) < 4.78 is 5.59. The van der Waals surface area contributed by atoms with Crippen LogP contribution >= 0.6 is 0 Å². The first-order chi connectivity index (χ1) is 9.36. The highest BCUT2D eigenvalue weighted by molar-refractivity contribution is 5.32. The summed E-state index contributed by atoms with van der Waals surface area (Å²) in [6.07, 6.45) is 1.84. The maximum atomic E-state index is 5.70. The van der Waals surface area contributed by atoms with Gasteiger partial charge in [-0.15, -0.1) is 0 Å². The molecule has 0 fully saturated rings. The van der Waals surface area contributed by atoms with Gasteiger partial charge in [-0.05, 0) is 31.7 Å². The number of nitrogens with one attached hydrogen (secondary N) is 1. The molecule has 1 aromatic heterocycles. The first-order valence-corrected chi connectivity index (χ1v) is 7.32. The van der Waals surface area contributed by atoms with Crippen LogP contribution in [0.1, 0.15) is 46.2 Å². The molecule has 1 unspecified atom stereocenters. The molecule has 3 N–H and O–H groups in total. The minimum atomic E-state index is 0.0942. The van der Waals surface area contributed by atoms with Crippen LogP contribution in [0.25, 0.3) is 0 Å². The highest BCUT2D eigenvalue weighted by Crippen LogP contribution is 2.25. The van der Waals surface area contributed by atoms with Crippen molar-refractivity contribution in [1.82, 2.24) is 9.97 Å². The minimum Gasteiger partial charge on any atom is -0.478 e. The van der Waals surface area contributed by atoms with Gasteiger partial charge in [0.2, 0.25) is 11.8 Å². The summed E-state index contributed by atoms with van der Waals surface area (Å²) in [5.74, 6) is 1.24. The van der Waals surface area contributed by atoms with E-state index in [0.29, 0.717) is 25.0 Å². The van der Waals surface area contributed by atoms with E-state index in [9.17, 15) is 0 Å². The van der Waals surface area contributed by atoms with Crippen LogP contribution in [0.2, 0.25) is 0 Å². The normalized spacial score (nSPS) is 13.1. The third-order valence-electron chi connectivity index (χ3n) is 3.09. The van der Waals surface area contributed by atoms with Crippen molar-refractivity contribution < 1.29 is 4.74 Å². The maximum Gasteiger partial charge on any atom is 0.226 e. The first-order valence-electron chi connectivity index (χ1n) is 7.32. The van der Waals surface area contributed by atoms with Crippen molar-refractivity contribution in [2.75, 3.05) is 18.5 Å². The van der Waals surface area contributed by atoms with Crippen LogP contribution < -0.4 is 15.8 Å². The predicted octanol–water partition coefficient (Wildman–Crippen LogP) is 2.75. The lowest BCUT2D eigenvalue weighted by Gasteiger charge is -2.31. The third kappa shape index (κ3) is 5.33. The highest BCUT2D eigenvalue weighted by Gasteiger charge is 2.24. The Kier molecular flexibility index (Phi) is 6.20. The topological polar surface area (TPSA) is 73.1 Å². The fraction of sp³-hybridized carbons (Fsp3) is 0.733. The highest BCUT2D eigenvalue weighted by atomic mass is 16.5. The third-order valence-corrected chi connectivity index (χ3v) is 3.09. The second-order valence-electron chi connectivity index (χ2n) is 6.16. The van der Waals surface area contributed by atoms with Crippen molar-refractivity contribution in [3.05, 3.63) is 11.8 Å². The molecule has 5 heteroatoms. The van der Waals surface area contributed by atoms with Gasteiger partial charge in [0.05, 0.1) is 6.61 Å². The van der Waals surface area contributed by atoms with Crippen LogP contribution in [0.5, 0.6) is 5.88 Å². The second-order valence-corrected chi connectivity index (χ2v) is 6.16. The number of anilines is 1. The average molecular weight is 280 g/mol. The van der Waals surface area contributed by atoms with Gasteiger partial charge in [0, 0.05) is 17.8 Å². The lowest BCUT2D eigenvalue weighted by molar-refractivity contribution is 0.303. The smallest absolute Gasteiger partial charge is 0.226 e. The predicted molar refractivity (Wildman–Crippen MR) is 83.1 cm³/mol. The number of hydrogen-bond acceptors (Lipinski definition) is 5. The monoisotopic (exact) mass is 280 g/mol. The van der Waals surface area contributed by atoms with Crippen LogP contribution in [0.15, 0.2) is 6.07 Å². The zero-order valence-electron chi connectivity index (χ0n) is 13.4. The van der Waals surface area contributed by atoms with E-state index in [1.54, 1.807) is 0 Å². The Hall–Kier alpha value is -1.36. The Morgan fingerprint density at radius 2 is 2.05 bits per heavy atom. The fourth-order valence-electron chi connectivity index (χ4n) is 1.93. The van der Waals surface area contributed by atoms with Crippen molar-refractivity contribution in [2.45, 2.75) is 53.5 Å². The molecule has 0 aliphatic heterocycles. The molecule has 1 aromatic rings. The number of rotatable bonds is 7. The number of hydrogen-bond donors (Lipinski definition) is 2. The average Bonchev–Trinajstić information content (AvgIpc) is 2.34. The molecule has 1 heterocycles. The molecule has 0 bridgehead atoms. The molecular formula is C15H28N4O. The molecule has 0 radical (unpaired) electrons. The van der Waals surface area contributed by atoms with Crippen molar-refractivity contribution in [1.29, 1.82) is 0 Å². The molecule has 0 amide bonds. The molecule has 1 rings (SSSR count). The molecule has 5 nitrogen and oxygen atoms in total. The van der Waals surface area contributed by atoms with E-state index in [-0.39, 0.29) is 11.5 Å². The van der Waals surface area contributed by atoms with Crippen molar-refractivity contribution in [3.63, 3.8) is 0 Å². The summed E-state index contributed by atoms with van der Waals surface area (Å²) >= 11 is 0. The van der Waals surface area contributed by atoms with E-state index in [4.69, 9.17) is 10.5 Å². The largest absolute Gasteiger partial charge is 0.478 e. The quantitative estimate of drug-likeness (QED) is 0.803. The second kappa shape index (κ2) is 7.43. The molecule has 20 heavy (non-hydrogen) atoms. The van der Waals surface area contributed by atoms with Gasteiger partial charge in [-0.1, -0.05) is 27.7 Å². The summed E-state index contributed by atoms with van der Waals surface area (Å²) in [7, 11) is 0. The standard InChI is InChI=1S/C15H28N4O/c1-6-9-20-13-10-11(2)17-14(19-13)18-12(7-8-16)15(3,4)5/h10,12H,6-9,16H2,1-5H3,(H,17,18,19). The van der Waals surface area contributed by atoms with Crippen LogP contribution in [0, 0.1) is 12.3 Å². The van der Waals surface area contributed by atoms with Gasteiger partial charge in [0.15, 0.2) is 0 Å². The van der Waals surface area contributed by atoms with Crippen molar-refractivity contribution in [2.24, 2.45) is 11.1 Å². The first kappa shape index (κ1) is 16.7. The number of ether oxygens (including phenoxy) is 1. The summed E-state index contributed by atoms with van der Waals surface area (Å²) in [6.45, 7) is 11.9. The Morgan fingerprint density at radius 1 is 1.35 bits per heavy atom. The summed E-state index contributed by atoms with van der Waals surface area (Å²) in [4.78, 5) is 8.86. The lowest BCUT2D eigenvalue weighted by Crippen LogP contribution is -2.36. The molecule has 0 aromatic carbocycles. The molecule has 0 aliphatic carbocycles. The number of aryl methyl sites for hydroxylation is 1. The molecule has 0 spiro atoms. The minimum absolute atomic E-state index is 0.0942. The van der Waals surface area contributed by atoms with Gasteiger partial charge in [-0.2, -0.15) is 4.98 Å². The summed E-state index contributed by atoms with van der Waals surface area (Å²) in [5, 5.41) is 3.40. The zero-order valence-corrected chi connectivity index (χ0v) is 13.4. The van der Waals surface area contributed by atoms with Gasteiger partial charge >= 0.3 is 0 Å². The van der Waals surface area contributed by atoms with Crippen LogP contribution in [-0.4, -0.2) is 29.2 Å². The molecular weight excluding hydrogens is 252 g/mol. The number of nitrogens with zero attached hydrogens (tertiary/aromatic N) is 2. The van der Waals surface area contributed by atoms with Gasteiger partial charge < -0.3 is 15.8 Å². The van der Waals surface area contributed by atoms with Gasteiger partial charge in [0.1, 0.15) is 0 Å². The van der Waals surface area contributed by atoms with Gasteiger partial charge in [-0.3, -0.25) is 0 Å². The lowest BCUT2D eigenvalue weighted by atomic mass is 9.85. The van der Waals surface area contributed by atoms with E-state index in [1.807, 2.05) is 13.0 Å². The van der Waals surface area contributed by atoms with Crippen molar-refractivity contribution >= 4 is 5.95 Å². The van der Waals surface area contributed by atoms with E-state index in [0.717, 1.165) is 18.5 Å². The van der Waals surface area contributed by atoms with Crippen LogP contribution in [0.4, 0.5) is 5.95 Å². The van der Waals surface area contributed by atoms with Crippen molar-refractivity contribution in [3.8, 4) is 5.88 Å². The van der Waals surface area contributed by atoms with Gasteiger partial charge in [-0.25, -0.2) is 4.98 Å². The molecule has 1 atom stereocenters. The Morgan fingerprint density at radius 3 is 2.60 bits per heavy atom. The maximum absolute atomic E-state index is 5.70. The van der Waals surface area contributed by atoms with Crippen LogP contribution in [0.3, 0.4) is 0 Å². The van der Waals surface area contributed by atoms with Crippen LogP contribution in [-0.2, 0) is 0 Å². The number of nitrogens with two attached hydrogens (primary N) is 1. The van der Waals surface area contributed by atoms with E-state index in [2.05, 4.69) is 43.0 Å². The SMILES string of the molecule is CCCOc1cc(C)nc(NC(CCN)C(C)(C)C)n1. The number of aromatic nitrogens is 2. The zero-order chi connectivity index (χ0) is 15.2. The summed E-state index contributed by atoms with van der Waals surface area (Å²) in [5.41, 5.74) is 6.69. The molecule has 0 saturated heterocycles. The fourth-order valence-corrected chi connectivity index (χ4v) is 1.93. The van der Waals surface area contributed by atoms with E-state index in [1.165, 1.54) is 0 Å².